The third-order valence-corrected chi connectivity index (χ3v) is 5.32. The maximum absolute atomic E-state index is 9.42. The minimum Gasteiger partial charge on any atom is -0.508 e. The second kappa shape index (κ2) is 8.34. The summed E-state index contributed by atoms with van der Waals surface area (Å²) >= 11 is 0. The molecule has 1 atom stereocenters. The van der Waals surface area contributed by atoms with Gasteiger partial charge >= 0.3 is 0 Å². The molecule has 0 aliphatic heterocycles. The van der Waals surface area contributed by atoms with Gasteiger partial charge < -0.3 is 10.4 Å². The molecule has 0 radical (unpaired) electrons. The highest BCUT2D eigenvalue weighted by Gasteiger charge is 2.23. The first kappa shape index (κ1) is 17.0. The molecule has 0 spiro atoms. The van der Waals surface area contributed by atoms with E-state index in [9.17, 15) is 5.11 Å². The van der Waals surface area contributed by atoms with E-state index in [1.165, 1.54) is 43.2 Å². The average molecular weight is 323 g/mol. The maximum atomic E-state index is 9.42. The lowest BCUT2D eigenvalue weighted by atomic mass is 9.81. The predicted molar refractivity (Wildman–Crippen MR) is 100 cm³/mol. The lowest BCUT2D eigenvalue weighted by Crippen LogP contribution is -2.39. The van der Waals surface area contributed by atoms with E-state index in [0.717, 1.165) is 6.42 Å². The van der Waals surface area contributed by atoms with Crippen molar-refractivity contribution >= 4 is 0 Å². The van der Waals surface area contributed by atoms with Crippen LogP contribution in [0.4, 0.5) is 0 Å². The molecule has 0 heterocycles. The molecule has 2 N–H and O–H groups in total. The lowest BCUT2D eigenvalue weighted by Gasteiger charge is -2.31. The molecule has 0 saturated heterocycles. The summed E-state index contributed by atoms with van der Waals surface area (Å²) in [5.41, 5.74) is 2.81. The standard InChI is InChI=1S/C22H29NO/c1-17(7-8-18-5-3-2-4-6-18)23-21-13-9-19(10-14-21)20-11-15-22(24)16-12-20/h2-6,11-12,15-17,19,21,23-24H,7-10,13-14H2,1H3/t17-,19?,21?/m0/s1. The van der Waals surface area contributed by atoms with Crippen LogP contribution in [0, 0.1) is 0 Å². The Morgan fingerprint density at radius 2 is 1.62 bits per heavy atom. The number of benzene rings is 2. The Labute approximate surface area is 145 Å². The molecular formula is C22H29NO. The van der Waals surface area contributed by atoms with Gasteiger partial charge in [0.05, 0.1) is 0 Å². The van der Waals surface area contributed by atoms with Gasteiger partial charge in [0.2, 0.25) is 0 Å². The predicted octanol–water partition coefficient (Wildman–Crippen LogP) is 5.03. The number of phenolic OH excluding ortho intramolecular Hbond substituents is 1. The maximum Gasteiger partial charge on any atom is 0.115 e. The van der Waals surface area contributed by atoms with Crippen LogP contribution in [-0.2, 0) is 6.42 Å². The first-order valence-electron chi connectivity index (χ1n) is 9.29. The first-order valence-corrected chi connectivity index (χ1v) is 9.29. The molecule has 0 bridgehead atoms. The zero-order valence-electron chi connectivity index (χ0n) is 14.6. The van der Waals surface area contributed by atoms with E-state index in [1.807, 2.05) is 12.1 Å². The van der Waals surface area contributed by atoms with Crippen molar-refractivity contribution in [3.63, 3.8) is 0 Å². The number of aryl methyl sites for hydroxylation is 1. The Bertz CT molecular complexity index is 600. The fraction of sp³-hybridized carbons (Fsp3) is 0.455. The first-order chi connectivity index (χ1) is 11.7. The van der Waals surface area contributed by atoms with E-state index in [1.54, 1.807) is 0 Å². The summed E-state index contributed by atoms with van der Waals surface area (Å²) in [7, 11) is 0. The summed E-state index contributed by atoms with van der Waals surface area (Å²) in [4.78, 5) is 0. The Hall–Kier alpha value is -1.80. The van der Waals surface area contributed by atoms with E-state index in [-0.39, 0.29) is 0 Å². The Morgan fingerprint density at radius 3 is 2.29 bits per heavy atom. The van der Waals surface area contributed by atoms with Crippen molar-refractivity contribution in [2.24, 2.45) is 0 Å². The van der Waals surface area contributed by atoms with Crippen LogP contribution in [-0.4, -0.2) is 17.2 Å². The van der Waals surface area contributed by atoms with Gasteiger partial charge in [0.1, 0.15) is 5.75 Å². The van der Waals surface area contributed by atoms with E-state index in [0.29, 0.717) is 23.8 Å². The van der Waals surface area contributed by atoms with E-state index < -0.39 is 0 Å². The van der Waals surface area contributed by atoms with E-state index in [4.69, 9.17) is 0 Å². The van der Waals surface area contributed by atoms with Crippen molar-refractivity contribution in [2.45, 2.75) is 63.5 Å². The minimum absolute atomic E-state index is 0.362. The molecule has 3 rings (SSSR count). The molecule has 1 saturated carbocycles. The van der Waals surface area contributed by atoms with Gasteiger partial charge in [-0.25, -0.2) is 0 Å². The fourth-order valence-electron chi connectivity index (χ4n) is 3.85. The highest BCUT2D eigenvalue weighted by molar-refractivity contribution is 5.28. The van der Waals surface area contributed by atoms with Gasteiger partial charge in [0.15, 0.2) is 0 Å². The van der Waals surface area contributed by atoms with Gasteiger partial charge in [-0.05, 0) is 74.6 Å². The molecule has 128 valence electrons. The second-order valence-corrected chi connectivity index (χ2v) is 7.23. The SMILES string of the molecule is C[C@@H](CCc1ccccc1)NC1CCC(c2ccc(O)cc2)CC1. The molecule has 2 heteroatoms. The number of aromatic hydroxyl groups is 1. The molecule has 1 fully saturated rings. The summed E-state index contributed by atoms with van der Waals surface area (Å²) < 4.78 is 0. The van der Waals surface area contributed by atoms with E-state index >= 15 is 0 Å². The number of phenols is 1. The van der Waals surface area contributed by atoms with Crippen molar-refractivity contribution in [3.8, 4) is 5.75 Å². The van der Waals surface area contributed by atoms with Gasteiger partial charge in [-0.1, -0.05) is 42.5 Å². The van der Waals surface area contributed by atoms with Crippen LogP contribution >= 0.6 is 0 Å². The quantitative estimate of drug-likeness (QED) is 0.781. The topological polar surface area (TPSA) is 32.3 Å². The fourth-order valence-corrected chi connectivity index (χ4v) is 3.85. The number of rotatable bonds is 6. The summed E-state index contributed by atoms with van der Waals surface area (Å²) in [5, 5.41) is 13.2. The zero-order chi connectivity index (χ0) is 16.8. The van der Waals surface area contributed by atoms with Gasteiger partial charge in [0, 0.05) is 12.1 Å². The van der Waals surface area contributed by atoms with Gasteiger partial charge in [0.25, 0.3) is 0 Å². The van der Waals surface area contributed by atoms with Crippen molar-refractivity contribution in [3.05, 3.63) is 65.7 Å². The Balaban J connectivity index is 1.41. The van der Waals surface area contributed by atoms with Crippen LogP contribution in [0.3, 0.4) is 0 Å². The highest BCUT2D eigenvalue weighted by atomic mass is 16.3. The smallest absolute Gasteiger partial charge is 0.115 e. The Kier molecular flexibility index (Phi) is 5.92. The summed E-state index contributed by atoms with van der Waals surface area (Å²) in [6.07, 6.45) is 7.34. The molecule has 0 amide bonds. The molecule has 1 aliphatic carbocycles. The van der Waals surface area contributed by atoms with Crippen LogP contribution < -0.4 is 5.32 Å². The monoisotopic (exact) mass is 323 g/mol. The molecule has 24 heavy (non-hydrogen) atoms. The number of nitrogens with one attached hydrogen (secondary N) is 1. The number of hydrogen-bond acceptors (Lipinski definition) is 2. The molecule has 2 aromatic carbocycles. The van der Waals surface area contributed by atoms with Crippen LogP contribution in [0.15, 0.2) is 54.6 Å². The second-order valence-electron chi connectivity index (χ2n) is 7.23. The number of hydrogen-bond donors (Lipinski definition) is 2. The molecule has 0 unspecified atom stereocenters. The van der Waals surface area contributed by atoms with Gasteiger partial charge in [-0.2, -0.15) is 0 Å². The van der Waals surface area contributed by atoms with Gasteiger partial charge in [-0.15, -0.1) is 0 Å². The van der Waals surface area contributed by atoms with Crippen molar-refractivity contribution in [1.29, 1.82) is 0 Å². The van der Waals surface area contributed by atoms with Crippen LogP contribution in [0.5, 0.6) is 5.75 Å². The van der Waals surface area contributed by atoms with Crippen molar-refractivity contribution in [2.75, 3.05) is 0 Å². The van der Waals surface area contributed by atoms with Crippen LogP contribution in [0.1, 0.15) is 56.1 Å². The zero-order valence-corrected chi connectivity index (χ0v) is 14.6. The minimum atomic E-state index is 0.362. The molecule has 0 aromatic heterocycles. The average Bonchev–Trinajstić information content (AvgIpc) is 2.62. The summed E-state index contributed by atoms with van der Waals surface area (Å²) in [6.45, 7) is 2.31. The van der Waals surface area contributed by atoms with Crippen molar-refractivity contribution < 1.29 is 5.11 Å². The third kappa shape index (κ3) is 4.85. The summed E-state index contributed by atoms with van der Waals surface area (Å²) in [5.74, 6) is 1.02. The van der Waals surface area contributed by atoms with E-state index in [2.05, 4.69) is 54.7 Å². The van der Waals surface area contributed by atoms with Crippen LogP contribution in [0.2, 0.25) is 0 Å². The van der Waals surface area contributed by atoms with Gasteiger partial charge in [-0.3, -0.25) is 0 Å². The molecule has 2 aromatic rings. The molecular weight excluding hydrogens is 294 g/mol. The largest absolute Gasteiger partial charge is 0.508 e. The normalized spacial score (nSPS) is 22.2. The lowest BCUT2D eigenvalue weighted by molar-refractivity contribution is 0.314. The highest BCUT2D eigenvalue weighted by Crippen LogP contribution is 2.33. The Morgan fingerprint density at radius 1 is 0.958 bits per heavy atom. The van der Waals surface area contributed by atoms with Crippen molar-refractivity contribution in [1.82, 2.24) is 5.32 Å². The van der Waals surface area contributed by atoms with Crippen LogP contribution in [0.25, 0.3) is 0 Å². The molecule has 2 nitrogen and oxygen atoms in total. The third-order valence-electron chi connectivity index (χ3n) is 5.32. The molecule has 1 aliphatic rings. The summed E-state index contributed by atoms with van der Waals surface area (Å²) in [6, 6.07) is 19.8.